The standard InChI is InChI=1S/C47H48ClN7O4S2/c1-32(31-60-40-11-5-4-6-12-40)49-42-22-21-41(30-43(42)55(57)58)61(59)50-37-17-19-38(20-18-37)52-25-27-53(28-26-52)39-10-7-9-35(29-39)45-44(47(56)54-23-8-24-54)33(2)51(3)46(45)34-13-15-36(48)16-14-34/h4-7,9-22,29-30,32,49-50H,8,23-28,31H2,1-3H3/t32-,61?/m1/s1. The minimum absolute atomic E-state index is 0.0360. The van der Waals surface area contributed by atoms with Crippen LogP contribution in [0.15, 0.2) is 131 Å². The van der Waals surface area contributed by atoms with Gasteiger partial charge in [-0.1, -0.05) is 54.1 Å². The van der Waals surface area contributed by atoms with Crippen molar-refractivity contribution in [1.29, 1.82) is 0 Å². The molecule has 14 heteroatoms. The lowest BCUT2D eigenvalue weighted by atomic mass is 9.95. The van der Waals surface area contributed by atoms with Crippen LogP contribution >= 0.6 is 23.4 Å². The van der Waals surface area contributed by atoms with E-state index in [0.717, 1.165) is 101 Å². The maximum Gasteiger partial charge on any atom is 0.293 e. The van der Waals surface area contributed by atoms with Crippen molar-refractivity contribution >= 4 is 68.7 Å². The Bertz CT molecular complexity index is 2560. The lowest BCUT2D eigenvalue weighted by Gasteiger charge is -2.37. The number of aromatic nitrogens is 1. The molecule has 2 aliphatic rings. The highest BCUT2D eigenvalue weighted by atomic mass is 35.5. The Balaban J connectivity index is 0.916. The SMILES string of the molecule is Cc1c(C(=O)N2CCC2)c(-c2cccc(N3CCN(c4ccc(NS(=O)c5ccc(N[C@H](C)CSc6ccccc6)c([N+](=O)[O-])c5)cc4)CC3)c2)c(-c2ccc(Cl)cc2)n1C. The van der Waals surface area contributed by atoms with E-state index in [-0.39, 0.29) is 17.6 Å². The molecule has 2 aliphatic heterocycles. The third-order valence-corrected chi connectivity index (χ3v) is 14.0. The maximum absolute atomic E-state index is 13.9. The van der Waals surface area contributed by atoms with Gasteiger partial charge in [0.1, 0.15) is 5.69 Å². The van der Waals surface area contributed by atoms with E-state index in [9.17, 15) is 19.1 Å². The zero-order chi connectivity index (χ0) is 42.6. The van der Waals surface area contributed by atoms with Crippen LogP contribution in [0.3, 0.4) is 0 Å². The van der Waals surface area contributed by atoms with Crippen LogP contribution in [0.5, 0.6) is 0 Å². The first-order valence-electron chi connectivity index (χ1n) is 20.4. The summed E-state index contributed by atoms with van der Waals surface area (Å²) >= 11 is 7.96. The van der Waals surface area contributed by atoms with Crippen molar-refractivity contribution in [3.63, 3.8) is 0 Å². The van der Waals surface area contributed by atoms with Gasteiger partial charge in [0, 0.05) is 102 Å². The van der Waals surface area contributed by atoms with Crippen LogP contribution in [-0.2, 0) is 18.0 Å². The van der Waals surface area contributed by atoms with E-state index in [1.807, 2.05) is 105 Å². The number of nitro benzene ring substituents is 1. The maximum atomic E-state index is 13.9. The number of carbonyl (C=O) groups excluding carboxylic acids is 1. The number of halogens is 1. The first kappa shape index (κ1) is 42.0. The van der Waals surface area contributed by atoms with Gasteiger partial charge >= 0.3 is 0 Å². The topological polar surface area (TPSA) is 116 Å². The summed E-state index contributed by atoms with van der Waals surface area (Å²) in [5, 5.41) is 16.0. The zero-order valence-electron chi connectivity index (χ0n) is 34.3. The van der Waals surface area contributed by atoms with Crippen LogP contribution in [0, 0.1) is 17.0 Å². The fraction of sp³-hybridized carbons (Fsp3) is 0.255. The van der Waals surface area contributed by atoms with Crippen molar-refractivity contribution in [2.75, 3.05) is 64.9 Å². The molecule has 2 atom stereocenters. The number of rotatable bonds is 14. The van der Waals surface area contributed by atoms with Gasteiger partial charge in [0.05, 0.1) is 21.1 Å². The molecule has 2 saturated heterocycles. The first-order valence-corrected chi connectivity index (χ1v) is 22.9. The number of nitrogens with zero attached hydrogens (tertiary/aromatic N) is 5. The van der Waals surface area contributed by atoms with E-state index in [0.29, 0.717) is 21.3 Å². The highest BCUT2D eigenvalue weighted by molar-refractivity contribution is 7.99. The van der Waals surface area contributed by atoms with Gasteiger partial charge in [-0.2, -0.15) is 0 Å². The van der Waals surface area contributed by atoms with E-state index in [1.165, 1.54) is 6.07 Å². The number of anilines is 4. The minimum atomic E-state index is -1.72. The van der Waals surface area contributed by atoms with Gasteiger partial charge in [0.25, 0.3) is 11.6 Å². The Morgan fingerprint density at radius 2 is 1.52 bits per heavy atom. The highest BCUT2D eigenvalue weighted by Crippen LogP contribution is 2.41. The summed E-state index contributed by atoms with van der Waals surface area (Å²) in [5.41, 5.74) is 8.71. The number of piperazine rings is 1. The second kappa shape index (κ2) is 18.5. The van der Waals surface area contributed by atoms with E-state index >= 15 is 0 Å². The quantitative estimate of drug-likeness (QED) is 0.0632. The lowest BCUT2D eigenvalue weighted by Crippen LogP contribution is -2.46. The molecular weight excluding hydrogens is 826 g/mol. The largest absolute Gasteiger partial charge is 0.376 e. The molecule has 0 spiro atoms. The molecular formula is C47H48ClN7O4S2. The van der Waals surface area contributed by atoms with Gasteiger partial charge in [-0.15, -0.1) is 11.8 Å². The number of carbonyl (C=O) groups is 1. The highest BCUT2D eigenvalue weighted by Gasteiger charge is 2.31. The van der Waals surface area contributed by atoms with Crippen LogP contribution < -0.4 is 19.8 Å². The summed E-state index contributed by atoms with van der Waals surface area (Å²) in [5.74, 6) is 0.799. The van der Waals surface area contributed by atoms with Gasteiger partial charge in [-0.3, -0.25) is 14.9 Å². The molecule has 1 amide bonds. The Hall–Kier alpha value is -5.76. The zero-order valence-corrected chi connectivity index (χ0v) is 36.7. The molecule has 5 aromatic carbocycles. The number of likely N-dealkylation sites (tertiary alicyclic amines) is 1. The van der Waals surface area contributed by atoms with Gasteiger partial charge in [0.15, 0.2) is 11.0 Å². The van der Waals surface area contributed by atoms with Crippen molar-refractivity contribution in [1.82, 2.24) is 9.47 Å². The van der Waals surface area contributed by atoms with Crippen molar-refractivity contribution in [3.8, 4) is 22.4 Å². The molecule has 2 fully saturated rings. The molecule has 0 aliphatic carbocycles. The Morgan fingerprint density at radius 1 is 0.836 bits per heavy atom. The van der Waals surface area contributed by atoms with Crippen molar-refractivity contribution in [2.45, 2.75) is 36.1 Å². The van der Waals surface area contributed by atoms with Crippen molar-refractivity contribution in [3.05, 3.63) is 148 Å². The number of hydrogen-bond acceptors (Lipinski definition) is 8. The Labute approximate surface area is 368 Å². The second-order valence-corrected chi connectivity index (χ2v) is 18.2. The average Bonchev–Trinajstić information content (AvgIpc) is 3.52. The number of hydrogen-bond donors (Lipinski definition) is 2. The van der Waals surface area contributed by atoms with Crippen LogP contribution in [0.4, 0.5) is 28.4 Å². The van der Waals surface area contributed by atoms with Crippen LogP contribution in [0.1, 0.15) is 29.4 Å². The summed E-state index contributed by atoms with van der Waals surface area (Å²) in [4.78, 5) is 33.6. The smallest absolute Gasteiger partial charge is 0.293 e. The summed E-state index contributed by atoms with van der Waals surface area (Å²) in [6.45, 7) is 8.78. The summed E-state index contributed by atoms with van der Waals surface area (Å²) in [6, 6.07) is 38.8. The molecule has 11 nitrogen and oxygen atoms in total. The Morgan fingerprint density at radius 3 is 2.18 bits per heavy atom. The minimum Gasteiger partial charge on any atom is -0.376 e. The van der Waals surface area contributed by atoms with Crippen molar-refractivity contribution < 1.29 is 13.9 Å². The summed E-state index contributed by atoms with van der Waals surface area (Å²) in [7, 11) is 0.312. The molecule has 2 N–H and O–H groups in total. The monoisotopic (exact) mass is 873 g/mol. The molecule has 0 bridgehead atoms. The Kier molecular flexibility index (Phi) is 12.7. The van der Waals surface area contributed by atoms with E-state index in [2.05, 4.69) is 48.7 Å². The van der Waals surface area contributed by atoms with Crippen LogP contribution in [0.2, 0.25) is 5.02 Å². The summed E-state index contributed by atoms with van der Waals surface area (Å²) < 4.78 is 18.5. The molecule has 6 aromatic rings. The average molecular weight is 875 g/mol. The van der Waals surface area contributed by atoms with E-state index in [4.69, 9.17) is 11.6 Å². The molecule has 0 radical (unpaired) electrons. The predicted molar refractivity (Wildman–Crippen MR) is 251 cm³/mol. The molecule has 8 rings (SSSR count). The molecule has 1 unspecified atom stereocenters. The molecule has 61 heavy (non-hydrogen) atoms. The lowest BCUT2D eigenvalue weighted by molar-refractivity contribution is -0.384. The fourth-order valence-corrected chi connectivity index (χ4v) is 9.78. The fourth-order valence-electron chi connectivity index (χ4n) is 7.90. The van der Waals surface area contributed by atoms with Crippen LogP contribution in [0.25, 0.3) is 22.4 Å². The third-order valence-electron chi connectivity index (χ3n) is 11.4. The second-order valence-electron chi connectivity index (χ2n) is 15.4. The molecule has 314 valence electrons. The molecule has 1 aromatic heterocycles. The third kappa shape index (κ3) is 9.29. The van der Waals surface area contributed by atoms with Gasteiger partial charge in [-0.05, 0) is 104 Å². The van der Waals surface area contributed by atoms with Crippen molar-refractivity contribution in [2.24, 2.45) is 7.05 Å². The molecule has 3 heterocycles. The van der Waals surface area contributed by atoms with Gasteiger partial charge in [0.2, 0.25) is 0 Å². The van der Waals surface area contributed by atoms with Gasteiger partial charge < -0.3 is 29.3 Å². The number of amides is 1. The number of nitro groups is 1. The van der Waals surface area contributed by atoms with Gasteiger partial charge in [-0.25, -0.2) is 4.21 Å². The molecule has 0 saturated carbocycles. The predicted octanol–water partition coefficient (Wildman–Crippen LogP) is 10.1. The number of thioether (sulfide) groups is 1. The van der Waals surface area contributed by atoms with Crippen LogP contribution in [-0.4, -0.2) is 75.6 Å². The normalized spacial score (nSPS) is 14.9. The number of benzene rings is 5. The summed E-state index contributed by atoms with van der Waals surface area (Å²) in [6.07, 6.45) is 1.03. The number of nitrogens with one attached hydrogen (secondary N) is 2. The first-order chi connectivity index (χ1) is 29.5. The van der Waals surface area contributed by atoms with E-state index < -0.39 is 15.9 Å². The van der Waals surface area contributed by atoms with E-state index in [1.54, 1.807) is 23.9 Å².